The molecule has 1 saturated heterocycles. The Bertz CT molecular complexity index is 1120. The van der Waals surface area contributed by atoms with E-state index in [0.717, 1.165) is 67.9 Å². The van der Waals surface area contributed by atoms with Crippen LogP contribution in [0.15, 0.2) is 60.8 Å². The number of pyridine rings is 1. The van der Waals surface area contributed by atoms with Crippen molar-refractivity contribution >= 4 is 34.1 Å². The molecule has 1 N–H and O–H groups in total. The zero-order valence-electron chi connectivity index (χ0n) is 20.3. The van der Waals surface area contributed by atoms with E-state index >= 15 is 0 Å². The Kier molecular flexibility index (Phi) is 7.85. The Morgan fingerprint density at radius 2 is 1.77 bits per heavy atom. The fourth-order valence-electron chi connectivity index (χ4n) is 5.57. The van der Waals surface area contributed by atoms with Gasteiger partial charge >= 0.3 is 0 Å². The Hall–Kier alpha value is -2.63. The van der Waals surface area contributed by atoms with Crippen LogP contribution in [-0.2, 0) is 4.79 Å². The molecule has 1 aliphatic carbocycles. The second kappa shape index (κ2) is 11.4. The second-order valence-corrected chi connectivity index (χ2v) is 10.4. The normalized spacial score (nSPS) is 18.5. The van der Waals surface area contributed by atoms with Crippen LogP contribution < -0.4 is 10.2 Å². The maximum absolute atomic E-state index is 13.0. The van der Waals surface area contributed by atoms with Gasteiger partial charge in [-0.25, -0.2) is 0 Å². The molecule has 2 fully saturated rings. The molecule has 1 atom stereocenters. The summed E-state index contributed by atoms with van der Waals surface area (Å²) in [5.41, 5.74) is 3.38. The number of carbonyl (C=O) groups is 1. The van der Waals surface area contributed by atoms with Crippen molar-refractivity contribution in [2.24, 2.45) is 5.92 Å². The average Bonchev–Trinajstić information content (AvgIpc) is 2.91. The zero-order valence-corrected chi connectivity index (χ0v) is 21.1. The molecule has 5 nitrogen and oxygen atoms in total. The van der Waals surface area contributed by atoms with Gasteiger partial charge in [-0.2, -0.15) is 0 Å². The number of aromatic nitrogens is 1. The lowest BCUT2D eigenvalue weighted by atomic mass is 9.88. The summed E-state index contributed by atoms with van der Waals surface area (Å²) >= 11 is 6.17. The van der Waals surface area contributed by atoms with E-state index in [2.05, 4.69) is 56.5 Å². The summed E-state index contributed by atoms with van der Waals surface area (Å²) in [5.74, 6) is 0.427. The number of nitrogens with one attached hydrogen (secondary N) is 1. The minimum absolute atomic E-state index is 0.0672. The van der Waals surface area contributed by atoms with Gasteiger partial charge in [0, 0.05) is 60.9 Å². The van der Waals surface area contributed by atoms with Crippen molar-refractivity contribution in [1.82, 2.24) is 15.2 Å². The number of carbonyl (C=O) groups excluding carboxylic acids is 1. The van der Waals surface area contributed by atoms with Crippen LogP contribution in [-0.4, -0.2) is 48.5 Å². The number of hydrogen-bond donors (Lipinski definition) is 1. The van der Waals surface area contributed by atoms with Crippen LogP contribution in [0.2, 0.25) is 5.02 Å². The summed E-state index contributed by atoms with van der Waals surface area (Å²) in [4.78, 5) is 22.5. The van der Waals surface area contributed by atoms with E-state index in [0.29, 0.717) is 0 Å². The first-order chi connectivity index (χ1) is 17.2. The molecule has 0 radical (unpaired) electrons. The van der Waals surface area contributed by atoms with E-state index in [4.69, 9.17) is 11.6 Å². The molecule has 0 bridgehead atoms. The molecular weight excluding hydrogens is 456 g/mol. The summed E-state index contributed by atoms with van der Waals surface area (Å²) < 4.78 is 0. The molecule has 3 aromatic rings. The molecule has 1 saturated carbocycles. The summed E-state index contributed by atoms with van der Waals surface area (Å²) in [7, 11) is 0. The van der Waals surface area contributed by atoms with Crippen LogP contribution in [0.1, 0.15) is 50.1 Å². The molecule has 0 unspecified atom stereocenters. The maximum Gasteiger partial charge on any atom is 0.223 e. The van der Waals surface area contributed by atoms with Crippen molar-refractivity contribution in [2.45, 2.75) is 44.6 Å². The molecule has 1 aromatic heterocycles. The molecule has 35 heavy (non-hydrogen) atoms. The summed E-state index contributed by atoms with van der Waals surface area (Å²) in [6.07, 6.45) is 8.49. The number of anilines is 1. The third-order valence-corrected chi connectivity index (χ3v) is 7.86. The van der Waals surface area contributed by atoms with Gasteiger partial charge in [0.1, 0.15) is 0 Å². The van der Waals surface area contributed by atoms with Gasteiger partial charge in [-0.05, 0) is 49.1 Å². The van der Waals surface area contributed by atoms with Crippen molar-refractivity contribution in [3.05, 3.63) is 71.4 Å². The minimum Gasteiger partial charge on any atom is -0.368 e. The van der Waals surface area contributed by atoms with E-state index < -0.39 is 0 Å². The maximum atomic E-state index is 13.0. The predicted molar refractivity (Wildman–Crippen MR) is 144 cm³/mol. The fourth-order valence-corrected chi connectivity index (χ4v) is 5.73. The van der Waals surface area contributed by atoms with Crippen molar-refractivity contribution < 1.29 is 4.79 Å². The first kappa shape index (κ1) is 24.1. The lowest BCUT2D eigenvalue weighted by Crippen LogP contribution is -2.47. The number of piperazine rings is 1. The second-order valence-electron chi connectivity index (χ2n) is 9.92. The average molecular weight is 491 g/mol. The Morgan fingerprint density at radius 1 is 1.00 bits per heavy atom. The quantitative estimate of drug-likeness (QED) is 0.452. The van der Waals surface area contributed by atoms with Crippen LogP contribution in [0.4, 0.5) is 5.69 Å². The molecule has 2 aromatic carbocycles. The highest BCUT2D eigenvalue weighted by atomic mass is 35.5. The Labute approximate surface area is 213 Å². The van der Waals surface area contributed by atoms with Crippen LogP contribution in [0.5, 0.6) is 0 Å². The molecule has 5 rings (SSSR count). The third-order valence-electron chi connectivity index (χ3n) is 7.62. The van der Waals surface area contributed by atoms with Gasteiger partial charge < -0.3 is 10.2 Å². The Balaban J connectivity index is 1.19. The highest BCUT2D eigenvalue weighted by Crippen LogP contribution is 2.29. The molecule has 2 aliphatic rings. The van der Waals surface area contributed by atoms with Gasteiger partial charge in [-0.15, -0.1) is 0 Å². The largest absolute Gasteiger partial charge is 0.368 e. The molecule has 1 amide bonds. The molecule has 1 aliphatic heterocycles. The first-order valence-corrected chi connectivity index (χ1v) is 13.4. The summed E-state index contributed by atoms with van der Waals surface area (Å²) in [6.45, 7) is 4.95. The highest BCUT2D eigenvalue weighted by molar-refractivity contribution is 6.31. The van der Waals surface area contributed by atoms with E-state index in [1.54, 1.807) is 0 Å². The number of rotatable bonds is 7. The topological polar surface area (TPSA) is 48.5 Å². The van der Waals surface area contributed by atoms with Crippen LogP contribution >= 0.6 is 11.6 Å². The van der Waals surface area contributed by atoms with Gasteiger partial charge in [0.05, 0.1) is 11.6 Å². The minimum atomic E-state index is 0.0672. The van der Waals surface area contributed by atoms with E-state index in [9.17, 15) is 4.79 Å². The van der Waals surface area contributed by atoms with Crippen molar-refractivity contribution in [1.29, 1.82) is 0 Å². The molecule has 0 spiro atoms. The number of halogens is 1. The number of hydrogen-bond acceptors (Lipinski definition) is 4. The summed E-state index contributed by atoms with van der Waals surface area (Å²) in [6, 6.07) is 18.6. The standard InChI is InChI=1S/C29H35ClN4O/c30-24-11-12-25-27(21-24)31-15-13-28(25)34-19-17-33(18-20-34)16-14-26(22-7-3-1-4-8-22)32-29(35)23-9-5-2-6-10-23/h1,3-4,7-8,11-13,15,21,23,26H,2,5-6,9-10,14,16-20H2,(H,32,35)/t26-/m0/s1. The lowest BCUT2D eigenvalue weighted by molar-refractivity contribution is -0.126. The van der Waals surface area contributed by atoms with Gasteiger partial charge in [0.25, 0.3) is 0 Å². The summed E-state index contributed by atoms with van der Waals surface area (Å²) in [5, 5.41) is 5.28. The lowest BCUT2D eigenvalue weighted by Gasteiger charge is -2.37. The van der Waals surface area contributed by atoms with Crippen molar-refractivity contribution in [2.75, 3.05) is 37.6 Å². The van der Waals surface area contributed by atoms with Crippen LogP contribution in [0, 0.1) is 5.92 Å². The highest BCUT2D eigenvalue weighted by Gasteiger charge is 2.25. The number of benzene rings is 2. The van der Waals surface area contributed by atoms with Crippen molar-refractivity contribution in [3.63, 3.8) is 0 Å². The molecule has 6 heteroatoms. The van der Waals surface area contributed by atoms with E-state index in [1.165, 1.54) is 30.5 Å². The van der Waals surface area contributed by atoms with Gasteiger partial charge in [-0.3, -0.25) is 14.7 Å². The van der Waals surface area contributed by atoms with E-state index in [-0.39, 0.29) is 17.9 Å². The van der Waals surface area contributed by atoms with Gasteiger partial charge in [-0.1, -0.05) is 61.2 Å². The Morgan fingerprint density at radius 3 is 2.54 bits per heavy atom. The SMILES string of the molecule is O=C(N[C@@H](CCN1CCN(c2ccnc3cc(Cl)ccc23)CC1)c1ccccc1)C1CCCCC1. The predicted octanol–water partition coefficient (Wildman–Crippen LogP) is 5.84. The van der Waals surface area contributed by atoms with Crippen LogP contribution in [0.3, 0.4) is 0 Å². The third kappa shape index (κ3) is 5.96. The van der Waals surface area contributed by atoms with Crippen molar-refractivity contribution in [3.8, 4) is 0 Å². The monoisotopic (exact) mass is 490 g/mol. The van der Waals surface area contributed by atoms with E-state index in [1.807, 2.05) is 24.4 Å². The molecular formula is C29H35ClN4O. The number of fused-ring (bicyclic) bond motifs is 1. The molecule has 184 valence electrons. The van der Waals surface area contributed by atoms with Gasteiger partial charge in [0.2, 0.25) is 5.91 Å². The fraction of sp³-hybridized carbons (Fsp3) is 0.448. The molecule has 2 heterocycles. The first-order valence-electron chi connectivity index (χ1n) is 13.0. The number of nitrogens with zero attached hydrogens (tertiary/aromatic N) is 3. The van der Waals surface area contributed by atoms with Crippen LogP contribution in [0.25, 0.3) is 10.9 Å². The zero-order chi connectivity index (χ0) is 24.0. The van der Waals surface area contributed by atoms with Gasteiger partial charge in [0.15, 0.2) is 0 Å². The number of amides is 1. The smallest absolute Gasteiger partial charge is 0.223 e.